The van der Waals surface area contributed by atoms with Crippen molar-refractivity contribution in [2.24, 2.45) is 4.99 Å². The van der Waals surface area contributed by atoms with E-state index in [0.29, 0.717) is 0 Å². The minimum absolute atomic E-state index is 0.239. The molecule has 0 saturated heterocycles. The Bertz CT molecular complexity index is 426. The van der Waals surface area contributed by atoms with Crippen LogP contribution in [0.5, 0.6) is 0 Å². The summed E-state index contributed by atoms with van der Waals surface area (Å²) in [6.07, 6.45) is -7.77. The molecule has 1 unspecified atom stereocenters. The number of alkyl halides is 3. The second-order valence-electron chi connectivity index (χ2n) is 3.32. The molecule has 0 spiro atoms. The van der Waals surface area contributed by atoms with E-state index >= 15 is 0 Å². The molecule has 1 atom stereocenters. The molecule has 0 aromatic heterocycles. The molecule has 17 heavy (non-hydrogen) atoms. The zero-order valence-corrected chi connectivity index (χ0v) is 8.90. The maximum absolute atomic E-state index is 12.1. The van der Waals surface area contributed by atoms with Crippen LogP contribution in [-0.4, -0.2) is 29.0 Å². The number of Topliss-reactive ketones (excluding diaryl/α,β-unsaturated/α-hetero) is 1. The molecule has 0 radical (unpaired) electrons. The highest BCUT2D eigenvalue weighted by Crippen LogP contribution is 2.21. The number of hydrogen-bond donors (Lipinski definition) is 1. The summed E-state index contributed by atoms with van der Waals surface area (Å²) in [6.45, 7) is 1.09. The first-order valence-corrected chi connectivity index (χ1v) is 4.71. The topological polar surface area (TPSA) is 49.7 Å². The second-order valence-corrected chi connectivity index (χ2v) is 3.32. The van der Waals surface area contributed by atoms with Gasteiger partial charge in [0.2, 0.25) is 6.23 Å². The van der Waals surface area contributed by atoms with Crippen LogP contribution in [0.3, 0.4) is 0 Å². The Balaban J connectivity index is 3.12. The number of ketones is 1. The minimum Gasteiger partial charge on any atom is -0.365 e. The Morgan fingerprint density at radius 1 is 1.29 bits per heavy atom. The van der Waals surface area contributed by atoms with Crippen LogP contribution in [0.15, 0.2) is 35.3 Å². The summed E-state index contributed by atoms with van der Waals surface area (Å²) < 4.78 is 36.4. The fourth-order valence-electron chi connectivity index (χ4n) is 1.16. The zero-order chi connectivity index (χ0) is 13.1. The summed E-state index contributed by atoms with van der Waals surface area (Å²) in [6, 6.07) is 7.68. The first-order valence-electron chi connectivity index (χ1n) is 4.71. The van der Waals surface area contributed by atoms with E-state index < -0.39 is 23.9 Å². The van der Waals surface area contributed by atoms with Crippen LogP contribution in [0.2, 0.25) is 0 Å². The average molecular weight is 245 g/mol. The molecule has 1 aromatic rings. The molecule has 0 bridgehead atoms. The number of benzene rings is 1. The third-order valence-corrected chi connectivity index (χ3v) is 1.92. The lowest BCUT2D eigenvalue weighted by Crippen LogP contribution is -2.29. The standard InChI is InChI=1S/C11H10F3NO2/c1-7(16)9(8-5-3-2-4-6-8)15-10(17)11(12,13)14/h2-6,10,17H,1H3. The molecule has 0 aliphatic rings. The largest absolute Gasteiger partial charge is 0.435 e. The molecule has 6 heteroatoms. The Morgan fingerprint density at radius 2 is 1.82 bits per heavy atom. The summed E-state index contributed by atoms with van der Waals surface area (Å²) in [4.78, 5) is 14.2. The van der Waals surface area contributed by atoms with E-state index in [-0.39, 0.29) is 5.56 Å². The van der Waals surface area contributed by atoms with E-state index in [1.807, 2.05) is 0 Å². The molecule has 1 aromatic carbocycles. The van der Waals surface area contributed by atoms with Crippen LogP contribution in [0.1, 0.15) is 12.5 Å². The predicted molar refractivity (Wildman–Crippen MR) is 55.7 cm³/mol. The molecule has 3 nitrogen and oxygen atoms in total. The van der Waals surface area contributed by atoms with Gasteiger partial charge >= 0.3 is 6.18 Å². The first-order chi connectivity index (χ1) is 7.82. The number of carbonyl (C=O) groups is 1. The second kappa shape index (κ2) is 5.09. The normalized spacial score (nSPS) is 14.5. The van der Waals surface area contributed by atoms with Crippen molar-refractivity contribution in [3.63, 3.8) is 0 Å². The van der Waals surface area contributed by atoms with Crippen LogP contribution in [0, 0.1) is 0 Å². The van der Waals surface area contributed by atoms with Gasteiger partial charge in [-0.25, -0.2) is 4.99 Å². The number of aliphatic hydroxyl groups is 1. The smallest absolute Gasteiger partial charge is 0.365 e. The third-order valence-electron chi connectivity index (χ3n) is 1.92. The summed E-state index contributed by atoms with van der Waals surface area (Å²) in [5.41, 5.74) is -0.154. The fraction of sp³-hybridized carbons (Fsp3) is 0.273. The van der Waals surface area contributed by atoms with Gasteiger partial charge < -0.3 is 5.11 Å². The van der Waals surface area contributed by atoms with Crippen LogP contribution in [-0.2, 0) is 4.79 Å². The number of nitrogens with zero attached hydrogens (tertiary/aromatic N) is 1. The van der Waals surface area contributed by atoms with Crippen LogP contribution >= 0.6 is 0 Å². The number of hydrogen-bond acceptors (Lipinski definition) is 3. The van der Waals surface area contributed by atoms with Gasteiger partial charge in [0.25, 0.3) is 0 Å². The monoisotopic (exact) mass is 245 g/mol. The van der Waals surface area contributed by atoms with Crippen molar-refractivity contribution in [3.8, 4) is 0 Å². The van der Waals surface area contributed by atoms with Gasteiger partial charge in [0, 0.05) is 12.5 Å². The number of halogens is 3. The highest BCUT2D eigenvalue weighted by Gasteiger charge is 2.38. The van der Waals surface area contributed by atoms with Gasteiger partial charge in [-0.3, -0.25) is 4.79 Å². The molecule has 0 aliphatic carbocycles. The fourth-order valence-corrected chi connectivity index (χ4v) is 1.16. The molecular weight excluding hydrogens is 235 g/mol. The Labute approximate surface area is 95.6 Å². The van der Waals surface area contributed by atoms with Gasteiger partial charge in [-0.2, -0.15) is 13.2 Å². The summed E-state index contributed by atoms with van der Waals surface area (Å²) in [5, 5.41) is 8.80. The quantitative estimate of drug-likeness (QED) is 0.827. The lowest BCUT2D eigenvalue weighted by molar-refractivity contribution is -0.200. The summed E-state index contributed by atoms with van der Waals surface area (Å²) in [5.74, 6) is -0.639. The lowest BCUT2D eigenvalue weighted by atomic mass is 10.1. The van der Waals surface area contributed by atoms with Gasteiger partial charge in [0.15, 0.2) is 5.78 Å². The number of aliphatic hydroxyl groups excluding tert-OH is 1. The molecule has 0 saturated carbocycles. The van der Waals surface area contributed by atoms with Gasteiger partial charge in [-0.05, 0) is 0 Å². The molecule has 0 amide bonds. The van der Waals surface area contributed by atoms with E-state index in [4.69, 9.17) is 5.11 Å². The van der Waals surface area contributed by atoms with Gasteiger partial charge in [-0.15, -0.1) is 0 Å². The summed E-state index contributed by atoms with van der Waals surface area (Å²) in [7, 11) is 0. The molecule has 1 N–H and O–H groups in total. The number of carbonyl (C=O) groups excluding carboxylic acids is 1. The van der Waals surface area contributed by atoms with Crippen molar-refractivity contribution in [2.45, 2.75) is 19.3 Å². The van der Waals surface area contributed by atoms with Crippen molar-refractivity contribution in [1.82, 2.24) is 0 Å². The van der Waals surface area contributed by atoms with Crippen LogP contribution < -0.4 is 0 Å². The molecule has 0 aliphatic heterocycles. The maximum atomic E-state index is 12.1. The lowest BCUT2D eigenvalue weighted by Gasteiger charge is -2.11. The SMILES string of the molecule is CC(=O)C(=NC(O)C(F)(F)F)c1ccccc1. The van der Waals surface area contributed by atoms with Gasteiger partial charge in [0.1, 0.15) is 5.71 Å². The van der Waals surface area contributed by atoms with Crippen molar-refractivity contribution < 1.29 is 23.1 Å². The molecule has 1 rings (SSSR count). The van der Waals surface area contributed by atoms with Crippen molar-refractivity contribution in [3.05, 3.63) is 35.9 Å². The van der Waals surface area contributed by atoms with Gasteiger partial charge in [-0.1, -0.05) is 30.3 Å². The van der Waals surface area contributed by atoms with Crippen LogP contribution in [0.4, 0.5) is 13.2 Å². The molecule has 0 fully saturated rings. The first kappa shape index (κ1) is 13.4. The summed E-state index contributed by atoms with van der Waals surface area (Å²) >= 11 is 0. The van der Waals surface area contributed by atoms with Crippen molar-refractivity contribution in [2.75, 3.05) is 0 Å². The number of rotatable bonds is 3. The van der Waals surface area contributed by atoms with Crippen LogP contribution in [0.25, 0.3) is 0 Å². The Hall–Kier alpha value is -1.69. The molecule has 0 heterocycles. The maximum Gasteiger partial charge on any atom is 0.435 e. The van der Waals surface area contributed by atoms with E-state index in [2.05, 4.69) is 4.99 Å². The van der Waals surface area contributed by atoms with E-state index in [0.717, 1.165) is 6.92 Å². The highest BCUT2D eigenvalue weighted by molar-refractivity contribution is 6.45. The van der Waals surface area contributed by atoms with E-state index in [1.54, 1.807) is 18.2 Å². The molecule has 92 valence electrons. The van der Waals surface area contributed by atoms with Gasteiger partial charge in [0.05, 0.1) is 0 Å². The Morgan fingerprint density at radius 3 is 2.24 bits per heavy atom. The highest BCUT2D eigenvalue weighted by atomic mass is 19.4. The zero-order valence-electron chi connectivity index (χ0n) is 8.90. The third kappa shape index (κ3) is 3.67. The minimum atomic E-state index is -4.88. The van der Waals surface area contributed by atoms with E-state index in [9.17, 15) is 18.0 Å². The predicted octanol–water partition coefficient (Wildman–Crippen LogP) is 1.95. The average Bonchev–Trinajstić information content (AvgIpc) is 2.25. The Kier molecular flexibility index (Phi) is 4.01. The molecular formula is C11H10F3NO2. The van der Waals surface area contributed by atoms with Crippen molar-refractivity contribution >= 4 is 11.5 Å². The van der Waals surface area contributed by atoms with E-state index in [1.165, 1.54) is 12.1 Å². The number of aliphatic imine (C=N–C) groups is 1. The van der Waals surface area contributed by atoms with Crippen molar-refractivity contribution in [1.29, 1.82) is 0 Å².